The van der Waals surface area contributed by atoms with Gasteiger partial charge in [0.2, 0.25) is 5.91 Å². The van der Waals surface area contributed by atoms with E-state index < -0.39 is 0 Å². The Labute approximate surface area is 165 Å². The molecular weight excluding hydrogens is 355 g/mol. The summed E-state index contributed by atoms with van der Waals surface area (Å²) in [6.45, 7) is 5.72. The summed E-state index contributed by atoms with van der Waals surface area (Å²) in [5.41, 5.74) is 3.11. The third-order valence-corrected chi connectivity index (χ3v) is 6.09. The van der Waals surface area contributed by atoms with Crippen LogP contribution in [-0.4, -0.2) is 49.0 Å². The Bertz CT molecular complexity index is 850. The average Bonchev–Trinajstić information content (AvgIpc) is 3.05. The minimum absolute atomic E-state index is 0.252. The molecule has 148 valence electrons. The molecule has 2 aromatic carbocycles. The highest BCUT2D eigenvalue weighted by Gasteiger charge is 2.42. The van der Waals surface area contributed by atoms with Crippen molar-refractivity contribution in [2.24, 2.45) is 5.41 Å². The van der Waals surface area contributed by atoms with Crippen molar-refractivity contribution >= 4 is 5.91 Å². The fourth-order valence-electron chi connectivity index (χ4n) is 4.56. The van der Waals surface area contributed by atoms with Crippen LogP contribution in [0.1, 0.15) is 23.6 Å². The molecule has 1 fully saturated rings. The zero-order valence-corrected chi connectivity index (χ0v) is 16.6. The van der Waals surface area contributed by atoms with Crippen LogP contribution < -0.4 is 4.74 Å². The molecule has 0 radical (unpaired) electrons. The van der Waals surface area contributed by atoms with Crippen LogP contribution in [0.25, 0.3) is 0 Å². The first-order valence-corrected chi connectivity index (χ1v) is 9.89. The number of piperazine rings is 1. The van der Waals surface area contributed by atoms with Gasteiger partial charge in [-0.1, -0.05) is 31.2 Å². The Morgan fingerprint density at radius 3 is 2.32 bits per heavy atom. The van der Waals surface area contributed by atoms with Gasteiger partial charge in [-0.15, -0.1) is 0 Å². The molecule has 2 aromatic rings. The van der Waals surface area contributed by atoms with Gasteiger partial charge in [0, 0.05) is 38.3 Å². The van der Waals surface area contributed by atoms with Gasteiger partial charge in [0.05, 0.1) is 12.5 Å². The minimum Gasteiger partial charge on any atom is -0.496 e. The van der Waals surface area contributed by atoms with Crippen LogP contribution in [-0.2, 0) is 24.2 Å². The molecule has 0 bridgehead atoms. The maximum absolute atomic E-state index is 13.6. The zero-order valence-electron chi connectivity index (χ0n) is 16.6. The average molecular weight is 382 g/mol. The molecule has 0 N–H and O–H groups in total. The number of methoxy groups -OCH3 is 1. The largest absolute Gasteiger partial charge is 0.496 e. The third kappa shape index (κ3) is 3.63. The molecule has 4 rings (SSSR count). The fourth-order valence-corrected chi connectivity index (χ4v) is 4.56. The summed E-state index contributed by atoms with van der Waals surface area (Å²) < 4.78 is 19.0. The van der Waals surface area contributed by atoms with E-state index in [-0.39, 0.29) is 17.1 Å². The van der Waals surface area contributed by atoms with E-state index in [1.807, 2.05) is 4.90 Å². The van der Waals surface area contributed by atoms with Crippen LogP contribution in [0.3, 0.4) is 0 Å². The summed E-state index contributed by atoms with van der Waals surface area (Å²) in [6.07, 6.45) is 1.64. The van der Waals surface area contributed by atoms with Crippen molar-refractivity contribution in [3.05, 3.63) is 65.0 Å². The second-order valence-corrected chi connectivity index (χ2v) is 8.21. The summed E-state index contributed by atoms with van der Waals surface area (Å²) in [6, 6.07) is 13.0. The van der Waals surface area contributed by atoms with Gasteiger partial charge in [-0.2, -0.15) is 0 Å². The maximum Gasteiger partial charge on any atom is 0.229 e. The van der Waals surface area contributed by atoms with Crippen molar-refractivity contribution in [2.45, 2.75) is 26.3 Å². The summed E-state index contributed by atoms with van der Waals surface area (Å²) >= 11 is 0. The lowest BCUT2D eigenvalue weighted by Gasteiger charge is -2.38. The highest BCUT2D eigenvalue weighted by molar-refractivity contribution is 5.84. The van der Waals surface area contributed by atoms with Crippen molar-refractivity contribution in [1.82, 2.24) is 9.80 Å². The van der Waals surface area contributed by atoms with E-state index in [9.17, 15) is 9.18 Å². The second kappa shape index (κ2) is 7.55. The molecule has 0 spiro atoms. The van der Waals surface area contributed by atoms with Gasteiger partial charge in [0.1, 0.15) is 11.6 Å². The summed E-state index contributed by atoms with van der Waals surface area (Å²) in [7, 11) is 1.60. The Morgan fingerprint density at radius 1 is 1.07 bits per heavy atom. The van der Waals surface area contributed by atoms with E-state index >= 15 is 0 Å². The van der Waals surface area contributed by atoms with Crippen LogP contribution in [0.2, 0.25) is 0 Å². The van der Waals surface area contributed by atoms with Crippen LogP contribution in [0.5, 0.6) is 5.75 Å². The first-order valence-electron chi connectivity index (χ1n) is 9.89. The summed E-state index contributed by atoms with van der Waals surface area (Å²) in [4.78, 5) is 17.5. The standard InChI is InChI=1S/C23H27FN2O2/c1-23(14-17-5-3-4-6-18(17)15-23)22(27)26-11-9-25(10-12-26)16-19-13-20(24)7-8-21(19)28-2/h3-8,13H,9-12,14-16H2,1-2H3. The fraction of sp³-hybridized carbons (Fsp3) is 0.435. The van der Waals surface area contributed by atoms with E-state index in [0.29, 0.717) is 25.4 Å². The van der Waals surface area contributed by atoms with Crippen molar-refractivity contribution in [3.63, 3.8) is 0 Å². The second-order valence-electron chi connectivity index (χ2n) is 8.21. The topological polar surface area (TPSA) is 32.8 Å². The lowest BCUT2D eigenvalue weighted by Crippen LogP contribution is -2.52. The van der Waals surface area contributed by atoms with E-state index in [1.54, 1.807) is 13.2 Å². The third-order valence-electron chi connectivity index (χ3n) is 6.09. The normalized spacial score (nSPS) is 18.8. The van der Waals surface area contributed by atoms with Gasteiger partial charge >= 0.3 is 0 Å². The smallest absolute Gasteiger partial charge is 0.229 e. The van der Waals surface area contributed by atoms with Gasteiger partial charge in [-0.25, -0.2) is 4.39 Å². The van der Waals surface area contributed by atoms with E-state index in [4.69, 9.17) is 4.74 Å². The number of ether oxygens (including phenoxy) is 1. The molecular formula is C23H27FN2O2. The van der Waals surface area contributed by atoms with E-state index in [0.717, 1.165) is 31.5 Å². The predicted molar refractivity (Wildman–Crippen MR) is 107 cm³/mol. The molecule has 1 saturated heterocycles. The molecule has 1 aliphatic carbocycles. The number of rotatable bonds is 4. The van der Waals surface area contributed by atoms with Crippen LogP contribution >= 0.6 is 0 Å². The van der Waals surface area contributed by atoms with Crippen molar-refractivity contribution in [2.75, 3.05) is 33.3 Å². The number of carbonyl (C=O) groups excluding carboxylic acids is 1. The number of hydrogen-bond donors (Lipinski definition) is 0. The molecule has 2 aliphatic rings. The Morgan fingerprint density at radius 2 is 1.71 bits per heavy atom. The highest BCUT2D eigenvalue weighted by Crippen LogP contribution is 2.38. The monoisotopic (exact) mass is 382 g/mol. The summed E-state index contributed by atoms with van der Waals surface area (Å²) in [5.74, 6) is 0.709. The number of carbonyl (C=O) groups is 1. The Hall–Kier alpha value is -2.40. The lowest BCUT2D eigenvalue weighted by atomic mass is 9.85. The number of nitrogens with zero attached hydrogens (tertiary/aromatic N) is 2. The number of halogens is 1. The molecule has 1 amide bonds. The van der Waals surface area contributed by atoms with Gasteiger partial charge in [0.15, 0.2) is 0 Å². The van der Waals surface area contributed by atoms with Crippen molar-refractivity contribution in [3.8, 4) is 5.75 Å². The molecule has 0 saturated carbocycles. The highest BCUT2D eigenvalue weighted by atomic mass is 19.1. The Balaban J connectivity index is 1.37. The quantitative estimate of drug-likeness (QED) is 0.814. The molecule has 0 aromatic heterocycles. The Kier molecular flexibility index (Phi) is 5.11. The first kappa shape index (κ1) is 18.9. The van der Waals surface area contributed by atoms with E-state index in [1.165, 1.54) is 23.3 Å². The van der Waals surface area contributed by atoms with Crippen molar-refractivity contribution < 1.29 is 13.9 Å². The molecule has 4 nitrogen and oxygen atoms in total. The predicted octanol–water partition coefficient (Wildman–Crippen LogP) is 3.28. The lowest BCUT2D eigenvalue weighted by molar-refractivity contribution is -0.142. The SMILES string of the molecule is COc1ccc(F)cc1CN1CCN(C(=O)C2(C)Cc3ccccc3C2)CC1. The van der Waals surface area contributed by atoms with Crippen molar-refractivity contribution in [1.29, 1.82) is 0 Å². The maximum atomic E-state index is 13.6. The number of amides is 1. The number of fused-ring (bicyclic) bond motifs is 1. The number of hydrogen-bond acceptors (Lipinski definition) is 3. The van der Waals surface area contributed by atoms with Gasteiger partial charge in [-0.05, 0) is 42.2 Å². The van der Waals surface area contributed by atoms with Gasteiger partial charge in [-0.3, -0.25) is 9.69 Å². The molecule has 28 heavy (non-hydrogen) atoms. The van der Waals surface area contributed by atoms with Gasteiger partial charge in [0.25, 0.3) is 0 Å². The first-order chi connectivity index (χ1) is 13.5. The molecule has 0 atom stereocenters. The van der Waals surface area contributed by atoms with Crippen LogP contribution in [0, 0.1) is 11.2 Å². The molecule has 0 unspecified atom stereocenters. The van der Waals surface area contributed by atoms with Crippen LogP contribution in [0.4, 0.5) is 4.39 Å². The van der Waals surface area contributed by atoms with E-state index in [2.05, 4.69) is 36.1 Å². The zero-order chi connectivity index (χ0) is 19.7. The molecule has 1 heterocycles. The number of benzene rings is 2. The molecule has 1 aliphatic heterocycles. The van der Waals surface area contributed by atoms with Gasteiger partial charge < -0.3 is 9.64 Å². The minimum atomic E-state index is -0.336. The van der Waals surface area contributed by atoms with Crippen LogP contribution in [0.15, 0.2) is 42.5 Å². The summed E-state index contributed by atoms with van der Waals surface area (Å²) in [5, 5.41) is 0. The molecule has 5 heteroatoms.